The van der Waals surface area contributed by atoms with Gasteiger partial charge in [-0.2, -0.15) is 9.57 Å². The van der Waals surface area contributed by atoms with Gasteiger partial charge >= 0.3 is 0 Å². The Kier molecular flexibility index (Phi) is 4.99. The zero-order valence-corrected chi connectivity index (χ0v) is 13.1. The molecule has 1 saturated heterocycles. The first kappa shape index (κ1) is 16.0. The minimum absolute atomic E-state index is 0.271. The van der Waals surface area contributed by atoms with Crippen LogP contribution in [0.1, 0.15) is 30.4 Å². The van der Waals surface area contributed by atoms with Gasteiger partial charge in [-0.1, -0.05) is 0 Å². The highest BCUT2D eigenvalue weighted by atomic mass is 32.2. The molecule has 1 unspecified atom stereocenters. The van der Waals surface area contributed by atoms with Gasteiger partial charge in [0.1, 0.15) is 0 Å². The molecule has 0 spiro atoms. The highest BCUT2D eigenvalue weighted by molar-refractivity contribution is 7.89. The van der Waals surface area contributed by atoms with Crippen molar-refractivity contribution in [3.05, 3.63) is 29.3 Å². The summed E-state index contributed by atoms with van der Waals surface area (Å²) in [5.74, 6) is 0.345. The molecular weight excluding hydrogens is 286 g/mol. The zero-order valence-electron chi connectivity index (χ0n) is 12.2. The molecule has 2 rings (SSSR count). The number of sulfonamides is 1. The van der Waals surface area contributed by atoms with Crippen molar-refractivity contribution in [2.75, 3.05) is 19.6 Å². The van der Waals surface area contributed by atoms with Crippen LogP contribution in [0.15, 0.2) is 23.1 Å². The van der Waals surface area contributed by atoms with E-state index in [0.29, 0.717) is 36.7 Å². The highest BCUT2D eigenvalue weighted by Crippen LogP contribution is 2.26. The third-order valence-electron chi connectivity index (χ3n) is 4.01. The van der Waals surface area contributed by atoms with Crippen LogP contribution in [0.4, 0.5) is 0 Å². The number of piperidine rings is 1. The molecule has 1 aromatic rings. The van der Waals surface area contributed by atoms with E-state index in [-0.39, 0.29) is 4.90 Å². The number of rotatable bonds is 4. The quantitative estimate of drug-likeness (QED) is 0.915. The van der Waals surface area contributed by atoms with Crippen molar-refractivity contribution in [2.24, 2.45) is 11.7 Å². The van der Waals surface area contributed by atoms with Crippen LogP contribution in [0.5, 0.6) is 0 Å². The van der Waals surface area contributed by atoms with Crippen LogP contribution in [0.25, 0.3) is 0 Å². The molecule has 2 N–H and O–H groups in total. The number of benzene rings is 1. The molecule has 0 radical (unpaired) electrons. The fraction of sp³-hybridized carbons (Fsp3) is 0.533. The first-order chi connectivity index (χ1) is 9.98. The van der Waals surface area contributed by atoms with Crippen molar-refractivity contribution < 1.29 is 8.42 Å². The molecule has 0 amide bonds. The summed E-state index contributed by atoms with van der Waals surface area (Å²) in [6.45, 7) is 3.45. The van der Waals surface area contributed by atoms with E-state index in [1.54, 1.807) is 23.4 Å². The molecule has 1 aromatic carbocycles. The maximum absolute atomic E-state index is 12.7. The Hall–Kier alpha value is -1.42. The van der Waals surface area contributed by atoms with Crippen LogP contribution in [0.2, 0.25) is 0 Å². The van der Waals surface area contributed by atoms with Crippen molar-refractivity contribution in [2.45, 2.75) is 31.1 Å². The number of aryl methyl sites for hydroxylation is 1. The zero-order chi connectivity index (χ0) is 15.5. The van der Waals surface area contributed by atoms with Crippen molar-refractivity contribution >= 4 is 10.0 Å². The maximum atomic E-state index is 12.7. The number of nitrogens with two attached hydrogens (primary N) is 1. The van der Waals surface area contributed by atoms with Crippen LogP contribution in [-0.2, 0) is 10.0 Å². The summed E-state index contributed by atoms with van der Waals surface area (Å²) in [4.78, 5) is 0.271. The summed E-state index contributed by atoms with van der Waals surface area (Å²) in [5, 5.41) is 8.93. The molecule has 0 bridgehead atoms. The minimum atomic E-state index is -3.48. The largest absolute Gasteiger partial charge is 0.330 e. The second kappa shape index (κ2) is 6.56. The van der Waals surface area contributed by atoms with E-state index < -0.39 is 10.0 Å². The third-order valence-corrected chi connectivity index (χ3v) is 5.87. The summed E-state index contributed by atoms with van der Waals surface area (Å²) >= 11 is 0. The Morgan fingerprint density at radius 1 is 1.48 bits per heavy atom. The van der Waals surface area contributed by atoms with Gasteiger partial charge in [-0.15, -0.1) is 0 Å². The van der Waals surface area contributed by atoms with Gasteiger partial charge in [0, 0.05) is 13.1 Å². The van der Waals surface area contributed by atoms with Crippen LogP contribution in [-0.4, -0.2) is 32.4 Å². The average Bonchev–Trinajstić information content (AvgIpc) is 2.48. The van der Waals surface area contributed by atoms with E-state index in [9.17, 15) is 8.42 Å². The van der Waals surface area contributed by atoms with Crippen LogP contribution >= 0.6 is 0 Å². The van der Waals surface area contributed by atoms with Gasteiger partial charge in [0.05, 0.1) is 16.5 Å². The topological polar surface area (TPSA) is 87.2 Å². The Labute approximate surface area is 126 Å². The normalized spacial score (nSPS) is 20.1. The minimum Gasteiger partial charge on any atom is -0.330 e. The van der Waals surface area contributed by atoms with E-state index >= 15 is 0 Å². The number of nitrogens with zero attached hydrogens (tertiary/aromatic N) is 2. The molecule has 1 atom stereocenters. The fourth-order valence-electron chi connectivity index (χ4n) is 2.79. The Balaban J connectivity index is 2.25. The predicted molar refractivity (Wildman–Crippen MR) is 81.0 cm³/mol. The molecule has 0 saturated carbocycles. The fourth-order valence-corrected chi connectivity index (χ4v) is 4.43. The van der Waals surface area contributed by atoms with E-state index in [0.717, 1.165) is 19.3 Å². The first-order valence-electron chi connectivity index (χ1n) is 7.20. The van der Waals surface area contributed by atoms with Crippen molar-refractivity contribution in [3.8, 4) is 6.07 Å². The van der Waals surface area contributed by atoms with E-state index in [1.165, 1.54) is 6.07 Å². The maximum Gasteiger partial charge on any atom is 0.243 e. The molecule has 0 aromatic heterocycles. The molecule has 1 aliphatic heterocycles. The van der Waals surface area contributed by atoms with Gasteiger partial charge in [-0.05, 0) is 62.4 Å². The van der Waals surface area contributed by atoms with Crippen molar-refractivity contribution in [3.63, 3.8) is 0 Å². The number of hydrogen-bond acceptors (Lipinski definition) is 4. The lowest BCUT2D eigenvalue weighted by Gasteiger charge is -2.31. The molecular formula is C15H21N3O2S. The molecule has 1 aliphatic rings. The van der Waals surface area contributed by atoms with Crippen molar-refractivity contribution in [1.82, 2.24) is 4.31 Å². The third kappa shape index (κ3) is 3.43. The Morgan fingerprint density at radius 3 is 2.86 bits per heavy atom. The van der Waals surface area contributed by atoms with Gasteiger partial charge in [0.25, 0.3) is 0 Å². The van der Waals surface area contributed by atoms with Crippen molar-refractivity contribution in [1.29, 1.82) is 5.26 Å². The summed E-state index contributed by atoms with van der Waals surface area (Å²) in [6, 6.07) is 6.73. The SMILES string of the molecule is Cc1cc(S(=O)(=O)N2CCCC(CCN)C2)ccc1C#N. The predicted octanol–water partition coefficient (Wildman–Crippen LogP) is 1.62. The Bertz CT molecular complexity index is 647. The van der Waals surface area contributed by atoms with E-state index in [4.69, 9.17) is 11.0 Å². The molecule has 21 heavy (non-hydrogen) atoms. The Morgan fingerprint density at radius 2 is 2.24 bits per heavy atom. The summed E-state index contributed by atoms with van der Waals surface area (Å²) in [7, 11) is -3.48. The van der Waals surface area contributed by atoms with Gasteiger partial charge in [0.15, 0.2) is 0 Å². The molecule has 0 aliphatic carbocycles. The lowest BCUT2D eigenvalue weighted by Crippen LogP contribution is -2.40. The van der Waals surface area contributed by atoms with Crippen LogP contribution < -0.4 is 5.73 Å². The average molecular weight is 307 g/mol. The first-order valence-corrected chi connectivity index (χ1v) is 8.64. The monoisotopic (exact) mass is 307 g/mol. The molecule has 6 heteroatoms. The van der Waals surface area contributed by atoms with Gasteiger partial charge in [-0.3, -0.25) is 0 Å². The second-order valence-corrected chi connectivity index (χ2v) is 7.48. The van der Waals surface area contributed by atoms with Gasteiger partial charge in [0.2, 0.25) is 10.0 Å². The van der Waals surface area contributed by atoms with Gasteiger partial charge < -0.3 is 5.73 Å². The summed E-state index contributed by atoms with van der Waals surface area (Å²) < 4.78 is 27.0. The van der Waals surface area contributed by atoms with Crippen LogP contribution in [0.3, 0.4) is 0 Å². The van der Waals surface area contributed by atoms with E-state index in [2.05, 4.69) is 6.07 Å². The summed E-state index contributed by atoms with van der Waals surface area (Å²) in [5.41, 5.74) is 6.78. The highest BCUT2D eigenvalue weighted by Gasteiger charge is 2.30. The van der Waals surface area contributed by atoms with Gasteiger partial charge in [-0.25, -0.2) is 8.42 Å². The second-order valence-electron chi connectivity index (χ2n) is 5.54. The smallest absolute Gasteiger partial charge is 0.243 e. The summed E-state index contributed by atoms with van der Waals surface area (Å²) in [6.07, 6.45) is 2.77. The lowest BCUT2D eigenvalue weighted by molar-refractivity contribution is 0.258. The van der Waals surface area contributed by atoms with E-state index in [1.807, 2.05) is 0 Å². The standard InChI is InChI=1S/C15H21N3O2S/c1-12-9-15(5-4-14(12)10-17)21(19,20)18-8-2-3-13(11-18)6-7-16/h4-5,9,13H,2-3,6-8,11,16H2,1H3. The number of nitriles is 1. The van der Waals surface area contributed by atoms with Crippen LogP contribution in [0, 0.1) is 24.2 Å². The molecule has 1 fully saturated rings. The lowest BCUT2D eigenvalue weighted by atomic mass is 9.96. The number of hydrogen-bond donors (Lipinski definition) is 1. The molecule has 1 heterocycles. The molecule has 114 valence electrons. The molecule has 5 nitrogen and oxygen atoms in total.